The van der Waals surface area contributed by atoms with Crippen LogP contribution in [-0.4, -0.2) is 14.5 Å². The first-order valence-electron chi connectivity index (χ1n) is 6.33. The summed E-state index contributed by atoms with van der Waals surface area (Å²) >= 11 is 3.24. The highest BCUT2D eigenvalue weighted by atomic mass is 79.9. The lowest BCUT2D eigenvalue weighted by atomic mass is 10.0. The van der Waals surface area contributed by atoms with Crippen molar-refractivity contribution in [2.45, 2.75) is 44.6 Å². The van der Waals surface area contributed by atoms with Gasteiger partial charge in [-0.15, -0.1) is 0 Å². The van der Waals surface area contributed by atoms with Gasteiger partial charge >= 0.3 is 0 Å². The van der Waals surface area contributed by atoms with Crippen molar-refractivity contribution in [1.29, 1.82) is 0 Å². The lowest BCUT2D eigenvalue weighted by Crippen LogP contribution is -2.33. The second kappa shape index (κ2) is 6.72. The molecule has 19 heavy (non-hydrogen) atoms. The number of hydrogen-bond acceptors (Lipinski definition) is 3. The van der Waals surface area contributed by atoms with Crippen molar-refractivity contribution in [2.75, 3.05) is 5.73 Å². The van der Waals surface area contributed by atoms with E-state index in [2.05, 4.69) is 34.5 Å². The van der Waals surface area contributed by atoms with Gasteiger partial charge in [0.1, 0.15) is 0 Å². The van der Waals surface area contributed by atoms with E-state index < -0.39 is 10.0 Å². The van der Waals surface area contributed by atoms with Crippen molar-refractivity contribution in [3.63, 3.8) is 0 Å². The second-order valence-electron chi connectivity index (χ2n) is 4.95. The molecule has 2 atom stereocenters. The molecule has 1 rings (SSSR count). The monoisotopic (exact) mass is 348 g/mol. The quantitative estimate of drug-likeness (QED) is 0.775. The van der Waals surface area contributed by atoms with E-state index in [1.54, 1.807) is 6.07 Å². The fourth-order valence-corrected chi connectivity index (χ4v) is 3.64. The van der Waals surface area contributed by atoms with Gasteiger partial charge in [-0.2, -0.15) is 0 Å². The van der Waals surface area contributed by atoms with Crippen LogP contribution in [0.5, 0.6) is 0 Å². The molecule has 0 aromatic heterocycles. The minimum Gasteiger partial charge on any atom is -0.398 e. The van der Waals surface area contributed by atoms with E-state index in [1.807, 2.05) is 6.92 Å². The topological polar surface area (TPSA) is 72.2 Å². The van der Waals surface area contributed by atoms with Crippen molar-refractivity contribution in [3.8, 4) is 0 Å². The molecule has 4 nitrogen and oxygen atoms in total. The van der Waals surface area contributed by atoms with E-state index >= 15 is 0 Å². The Morgan fingerprint density at radius 2 is 2.00 bits per heavy atom. The van der Waals surface area contributed by atoms with Crippen LogP contribution in [0.3, 0.4) is 0 Å². The van der Waals surface area contributed by atoms with Crippen molar-refractivity contribution in [1.82, 2.24) is 4.72 Å². The highest BCUT2D eigenvalue weighted by molar-refractivity contribution is 9.10. The highest BCUT2D eigenvalue weighted by Gasteiger charge is 2.19. The zero-order chi connectivity index (χ0) is 14.6. The smallest absolute Gasteiger partial charge is 0.240 e. The Hall–Kier alpha value is -0.590. The standard InChI is InChI=1S/C13H21BrN2O2S/c1-4-9(2)7-10(3)16-19(17,18)11-5-6-13(15)12(14)8-11/h5-6,8-10,16H,4,7,15H2,1-3H3. The van der Waals surface area contributed by atoms with Gasteiger partial charge in [0, 0.05) is 16.2 Å². The predicted molar refractivity (Wildman–Crippen MR) is 82.4 cm³/mol. The lowest BCUT2D eigenvalue weighted by Gasteiger charge is -2.17. The molecule has 2 unspecified atom stereocenters. The zero-order valence-corrected chi connectivity index (χ0v) is 13.9. The molecule has 0 amide bonds. The summed E-state index contributed by atoms with van der Waals surface area (Å²) in [6.45, 7) is 6.10. The molecule has 0 spiro atoms. The Labute approximate surface area is 124 Å². The fraction of sp³-hybridized carbons (Fsp3) is 0.538. The lowest BCUT2D eigenvalue weighted by molar-refractivity contribution is 0.445. The molecule has 0 fully saturated rings. The Morgan fingerprint density at radius 3 is 2.53 bits per heavy atom. The number of hydrogen-bond donors (Lipinski definition) is 2. The SMILES string of the molecule is CCC(C)CC(C)NS(=O)(=O)c1ccc(N)c(Br)c1. The number of halogens is 1. The number of sulfonamides is 1. The van der Waals surface area contributed by atoms with E-state index in [9.17, 15) is 8.42 Å². The van der Waals surface area contributed by atoms with Gasteiger partial charge in [-0.25, -0.2) is 13.1 Å². The number of nitrogen functional groups attached to an aromatic ring is 1. The fourth-order valence-electron chi connectivity index (χ4n) is 1.83. The van der Waals surface area contributed by atoms with Gasteiger partial charge in [0.15, 0.2) is 0 Å². The first kappa shape index (κ1) is 16.5. The molecular weight excluding hydrogens is 328 g/mol. The van der Waals surface area contributed by atoms with Crippen LogP contribution in [0, 0.1) is 5.92 Å². The van der Waals surface area contributed by atoms with Gasteiger partial charge in [0.2, 0.25) is 10.0 Å². The molecule has 1 aromatic carbocycles. The Bertz CT molecular complexity index is 531. The summed E-state index contributed by atoms with van der Waals surface area (Å²) in [6.07, 6.45) is 1.87. The van der Waals surface area contributed by atoms with Crippen LogP contribution in [0.2, 0.25) is 0 Å². The summed E-state index contributed by atoms with van der Waals surface area (Å²) in [5, 5.41) is 0. The van der Waals surface area contributed by atoms with E-state index in [1.165, 1.54) is 12.1 Å². The van der Waals surface area contributed by atoms with Crippen LogP contribution in [0.15, 0.2) is 27.6 Å². The predicted octanol–water partition coefficient (Wildman–Crippen LogP) is 3.13. The van der Waals surface area contributed by atoms with Crippen LogP contribution in [0.1, 0.15) is 33.6 Å². The third-order valence-corrected chi connectivity index (χ3v) is 5.37. The first-order valence-corrected chi connectivity index (χ1v) is 8.61. The number of nitrogens with one attached hydrogen (secondary N) is 1. The van der Waals surface area contributed by atoms with Crippen LogP contribution in [0.25, 0.3) is 0 Å². The van der Waals surface area contributed by atoms with Gasteiger partial charge in [-0.3, -0.25) is 0 Å². The maximum atomic E-state index is 12.2. The van der Waals surface area contributed by atoms with Crippen LogP contribution in [-0.2, 0) is 10.0 Å². The van der Waals surface area contributed by atoms with Crippen molar-refractivity contribution in [3.05, 3.63) is 22.7 Å². The van der Waals surface area contributed by atoms with E-state index in [0.29, 0.717) is 16.1 Å². The minimum absolute atomic E-state index is 0.0868. The van der Waals surface area contributed by atoms with Gasteiger partial charge in [-0.1, -0.05) is 20.3 Å². The maximum absolute atomic E-state index is 12.2. The maximum Gasteiger partial charge on any atom is 0.240 e. The summed E-state index contributed by atoms with van der Waals surface area (Å²) in [5.74, 6) is 0.496. The van der Waals surface area contributed by atoms with Gasteiger partial charge < -0.3 is 5.73 Å². The molecule has 3 N–H and O–H groups in total. The number of nitrogens with two attached hydrogens (primary N) is 1. The molecule has 6 heteroatoms. The molecule has 108 valence electrons. The Morgan fingerprint density at radius 1 is 1.37 bits per heavy atom. The summed E-state index contributed by atoms with van der Waals surface area (Å²) in [7, 11) is -3.49. The normalized spacial score (nSPS) is 15.2. The van der Waals surface area contributed by atoms with E-state index in [4.69, 9.17) is 5.73 Å². The van der Waals surface area contributed by atoms with Crippen LogP contribution >= 0.6 is 15.9 Å². The number of rotatable bonds is 6. The summed E-state index contributed by atoms with van der Waals surface area (Å²) < 4.78 is 27.7. The highest BCUT2D eigenvalue weighted by Crippen LogP contribution is 2.23. The van der Waals surface area contributed by atoms with Crippen molar-refractivity contribution in [2.24, 2.45) is 5.92 Å². The summed E-state index contributed by atoms with van der Waals surface area (Å²) in [5.41, 5.74) is 6.18. The third-order valence-electron chi connectivity index (χ3n) is 3.09. The molecule has 0 saturated heterocycles. The molecule has 0 radical (unpaired) electrons. The second-order valence-corrected chi connectivity index (χ2v) is 7.52. The molecule has 0 aliphatic rings. The molecule has 0 aliphatic heterocycles. The molecule has 0 bridgehead atoms. The molecule has 0 heterocycles. The van der Waals surface area contributed by atoms with E-state index in [0.717, 1.165) is 12.8 Å². The van der Waals surface area contributed by atoms with Crippen LogP contribution in [0.4, 0.5) is 5.69 Å². The van der Waals surface area contributed by atoms with Gasteiger partial charge in [0.05, 0.1) is 4.90 Å². The van der Waals surface area contributed by atoms with E-state index in [-0.39, 0.29) is 10.9 Å². The average Bonchev–Trinajstić information content (AvgIpc) is 2.31. The van der Waals surface area contributed by atoms with Crippen molar-refractivity contribution < 1.29 is 8.42 Å². The third kappa shape index (κ3) is 4.78. The molecule has 0 aliphatic carbocycles. The molecule has 0 saturated carbocycles. The summed E-state index contributed by atoms with van der Waals surface area (Å²) in [6, 6.07) is 4.53. The van der Waals surface area contributed by atoms with Gasteiger partial charge in [-0.05, 0) is 53.4 Å². The number of benzene rings is 1. The minimum atomic E-state index is -3.49. The van der Waals surface area contributed by atoms with Crippen molar-refractivity contribution >= 4 is 31.6 Å². The largest absolute Gasteiger partial charge is 0.398 e. The zero-order valence-electron chi connectivity index (χ0n) is 11.5. The average molecular weight is 349 g/mol. The van der Waals surface area contributed by atoms with Gasteiger partial charge in [0.25, 0.3) is 0 Å². The van der Waals surface area contributed by atoms with Crippen LogP contribution < -0.4 is 10.5 Å². The summed E-state index contributed by atoms with van der Waals surface area (Å²) in [4.78, 5) is 0.226. The molecule has 1 aromatic rings. The number of anilines is 1. The molecular formula is C13H21BrN2O2S. The Balaban J connectivity index is 2.83. The Kier molecular flexibility index (Phi) is 5.82. The first-order chi connectivity index (χ1) is 8.76.